The molecule has 2 unspecified atom stereocenters. The lowest BCUT2D eigenvalue weighted by atomic mass is 9.82. The average molecular weight is 526 g/mol. The van der Waals surface area contributed by atoms with E-state index in [1.807, 2.05) is 13.8 Å². The zero-order valence-electron chi connectivity index (χ0n) is 22.2. The number of esters is 1. The highest BCUT2D eigenvalue weighted by Crippen LogP contribution is 2.36. The second-order valence-electron chi connectivity index (χ2n) is 8.97. The summed E-state index contributed by atoms with van der Waals surface area (Å²) < 4.78 is 25.8. The van der Waals surface area contributed by atoms with E-state index in [0.717, 1.165) is 12.8 Å². The van der Waals surface area contributed by atoms with Gasteiger partial charge in [-0.2, -0.15) is 0 Å². The van der Waals surface area contributed by atoms with Gasteiger partial charge in [0.2, 0.25) is 0 Å². The fourth-order valence-electron chi connectivity index (χ4n) is 3.26. The fraction of sp³-hybridized carbons (Fsp3) is 0.615. The fourth-order valence-corrected chi connectivity index (χ4v) is 3.26. The van der Waals surface area contributed by atoms with Gasteiger partial charge in [0.15, 0.2) is 11.5 Å². The van der Waals surface area contributed by atoms with Crippen molar-refractivity contribution in [2.75, 3.05) is 19.8 Å². The van der Waals surface area contributed by atoms with Crippen molar-refractivity contribution in [1.29, 1.82) is 0 Å². The number of carbonyl (C=O) groups is 4. The number of benzene rings is 1. The Balaban J connectivity index is 3.30. The quantitative estimate of drug-likeness (QED) is 0.142. The first-order chi connectivity index (χ1) is 17.5. The van der Waals surface area contributed by atoms with Crippen molar-refractivity contribution in [2.45, 2.75) is 72.3 Å². The number of hydrogen-bond acceptors (Lipinski definition) is 10. The molecule has 1 rings (SSSR count). The zero-order valence-corrected chi connectivity index (χ0v) is 22.2. The molecule has 1 aromatic carbocycles. The molecule has 37 heavy (non-hydrogen) atoms. The van der Waals surface area contributed by atoms with Gasteiger partial charge >= 0.3 is 24.2 Å². The molecule has 0 aliphatic rings. The third-order valence-corrected chi connectivity index (χ3v) is 5.42. The van der Waals surface area contributed by atoms with Crippen LogP contribution in [-0.2, 0) is 23.8 Å². The van der Waals surface area contributed by atoms with Crippen molar-refractivity contribution in [1.82, 2.24) is 0 Å². The number of carboxylic acids is 1. The van der Waals surface area contributed by atoms with E-state index in [1.165, 1.54) is 18.2 Å². The van der Waals surface area contributed by atoms with Crippen LogP contribution in [0.15, 0.2) is 18.2 Å². The van der Waals surface area contributed by atoms with Gasteiger partial charge in [0, 0.05) is 5.92 Å². The highest BCUT2D eigenvalue weighted by atomic mass is 16.7. The van der Waals surface area contributed by atoms with Gasteiger partial charge in [0.1, 0.15) is 6.04 Å². The van der Waals surface area contributed by atoms with Crippen LogP contribution in [0.1, 0.15) is 71.8 Å². The third kappa shape index (κ3) is 11.1. The molecule has 0 heterocycles. The van der Waals surface area contributed by atoms with Crippen LogP contribution in [0, 0.1) is 11.8 Å². The molecule has 208 valence electrons. The van der Waals surface area contributed by atoms with Crippen LogP contribution in [0.3, 0.4) is 0 Å². The van der Waals surface area contributed by atoms with E-state index < -0.39 is 42.1 Å². The Morgan fingerprint density at radius 2 is 1.41 bits per heavy atom. The molecule has 0 radical (unpaired) electrons. The molecule has 11 heteroatoms. The molecule has 3 atom stereocenters. The number of rotatable bonds is 15. The summed E-state index contributed by atoms with van der Waals surface area (Å²) >= 11 is 0. The van der Waals surface area contributed by atoms with E-state index in [9.17, 15) is 24.3 Å². The summed E-state index contributed by atoms with van der Waals surface area (Å²) in [5.41, 5.74) is 6.37. The SMILES string of the molecule is CCCCOC(=O)Oc1ccc(C(C(C)COC(=O)C(C)C)[C@H](N)C(=O)O)cc1OC(=O)OCCCC. The first-order valence-electron chi connectivity index (χ1n) is 12.5. The third-order valence-electron chi connectivity index (χ3n) is 5.42. The molecular formula is C26H39NO10. The molecule has 1 aromatic rings. The molecule has 0 saturated heterocycles. The van der Waals surface area contributed by atoms with E-state index >= 15 is 0 Å². The Morgan fingerprint density at radius 3 is 1.89 bits per heavy atom. The Labute approximate surface area is 217 Å². The van der Waals surface area contributed by atoms with Crippen LogP contribution >= 0.6 is 0 Å². The molecule has 0 fully saturated rings. The highest BCUT2D eigenvalue weighted by molar-refractivity contribution is 5.75. The lowest BCUT2D eigenvalue weighted by Crippen LogP contribution is -2.40. The van der Waals surface area contributed by atoms with Gasteiger partial charge in [-0.05, 0) is 36.5 Å². The van der Waals surface area contributed by atoms with Gasteiger partial charge in [-0.1, -0.05) is 53.5 Å². The number of aliphatic carboxylic acids is 1. The standard InChI is InChI=1S/C26H39NO10/c1-6-8-12-33-25(31)36-19-11-10-18(14-20(19)37-26(32)34-13-9-7-2)21(22(27)23(28)29)17(5)15-35-24(30)16(3)4/h10-11,14,16-17,21-22H,6-9,12-13,15,27H2,1-5H3,(H,28,29)/t17?,21?,22-/m0/s1. The maximum absolute atomic E-state index is 12.2. The molecule has 0 aromatic heterocycles. The maximum Gasteiger partial charge on any atom is 0.513 e. The zero-order chi connectivity index (χ0) is 28.0. The van der Waals surface area contributed by atoms with Gasteiger partial charge < -0.3 is 34.5 Å². The van der Waals surface area contributed by atoms with Crippen LogP contribution in [-0.4, -0.2) is 55.2 Å². The van der Waals surface area contributed by atoms with Gasteiger partial charge in [0.25, 0.3) is 0 Å². The lowest BCUT2D eigenvalue weighted by Gasteiger charge is -2.28. The van der Waals surface area contributed by atoms with Crippen molar-refractivity contribution in [3.05, 3.63) is 23.8 Å². The normalized spacial score (nSPS) is 13.3. The van der Waals surface area contributed by atoms with E-state index in [4.69, 9.17) is 29.4 Å². The molecule has 0 spiro atoms. The van der Waals surface area contributed by atoms with Crippen LogP contribution in [0.25, 0.3) is 0 Å². The summed E-state index contributed by atoms with van der Waals surface area (Å²) in [6, 6.07) is 2.82. The minimum absolute atomic E-state index is 0.0834. The van der Waals surface area contributed by atoms with Crippen molar-refractivity contribution in [3.63, 3.8) is 0 Å². The van der Waals surface area contributed by atoms with E-state index in [-0.39, 0.29) is 37.2 Å². The molecule has 0 bridgehead atoms. The molecule has 0 amide bonds. The summed E-state index contributed by atoms with van der Waals surface area (Å²) in [5.74, 6) is -3.73. The predicted octanol–water partition coefficient (Wildman–Crippen LogP) is 4.65. The van der Waals surface area contributed by atoms with Gasteiger partial charge in [-0.15, -0.1) is 0 Å². The van der Waals surface area contributed by atoms with Crippen LogP contribution in [0.5, 0.6) is 11.5 Å². The highest BCUT2D eigenvalue weighted by Gasteiger charge is 2.33. The predicted molar refractivity (Wildman–Crippen MR) is 134 cm³/mol. The smallest absolute Gasteiger partial charge is 0.480 e. The molecule has 0 saturated carbocycles. The number of unbranched alkanes of at least 4 members (excludes halogenated alkanes) is 2. The second-order valence-corrected chi connectivity index (χ2v) is 8.97. The molecule has 0 aliphatic heterocycles. The Bertz CT molecular complexity index is 901. The molecular weight excluding hydrogens is 486 g/mol. The summed E-state index contributed by atoms with van der Waals surface area (Å²) in [7, 11) is 0. The number of carboxylic acid groups (broad SMARTS) is 1. The summed E-state index contributed by atoms with van der Waals surface area (Å²) in [5, 5.41) is 9.62. The molecule has 11 nitrogen and oxygen atoms in total. The second kappa shape index (κ2) is 16.4. The first kappa shape index (κ1) is 31.7. The number of carbonyl (C=O) groups excluding carboxylic acids is 3. The largest absolute Gasteiger partial charge is 0.513 e. The monoisotopic (exact) mass is 525 g/mol. The maximum atomic E-state index is 12.2. The van der Waals surface area contributed by atoms with Crippen molar-refractivity contribution < 1.29 is 48.0 Å². The lowest BCUT2D eigenvalue weighted by molar-refractivity contribution is -0.149. The van der Waals surface area contributed by atoms with E-state index in [1.54, 1.807) is 20.8 Å². The van der Waals surface area contributed by atoms with Crippen molar-refractivity contribution in [3.8, 4) is 11.5 Å². The van der Waals surface area contributed by atoms with Gasteiger partial charge in [0.05, 0.1) is 25.7 Å². The molecule has 0 aliphatic carbocycles. The van der Waals surface area contributed by atoms with E-state index in [2.05, 4.69) is 0 Å². The number of hydrogen-bond donors (Lipinski definition) is 2. The Hall–Kier alpha value is -3.34. The van der Waals surface area contributed by atoms with Gasteiger partial charge in [-0.25, -0.2) is 9.59 Å². The van der Waals surface area contributed by atoms with Crippen molar-refractivity contribution >= 4 is 24.2 Å². The van der Waals surface area contributed by atoms with Crippen LogP contribution in [0.2, 0.25) is 0 Å². The minimum atomic E-state index is -1.37. The molecule has 3 N–H and O–H groups in total. The topological polar surface area (TPSA) is 161 Å². The van der Waals surface area contributed by atoms with Crippen LogP contribution < -0.4 is 15.2 Å². The minimum Gasteiger partial charge on any atom is -0.480 e. The van der Waals surface area contributed by atoms with Crippen molar-refractivity contribution in [2.24, 2.45) is 17.6 Å². The van der Waals surface area contributed by atoms with Crippen LogP contribution in [0.4, 0.5) is 9.59 Å². The Morgan fingerprint density at radius 1 is 0.865 bits per heavy atom. The first-order valence-corrected chi connectivity index (χ1v) is 12.5. The number of ether oxygens (including phenoxy) is 5. The summed E-state index contributed by atoms with van der Waals surface area (Å²) in [4.78, 5) is 48.1. The number of nitrogens with two attached hydrogens (primary N) is 1. The van der Waals surface area contributed by atoms with E-state index in [0.29, 0.717) is 18.4 Å². The summed E-state index contributed by atoms with van der Waals surface area (Å²) in [6.07, 6.45) is 0.885. The average Bonchev–Trinajstić information content (AvgIpc) is 2.84. The summed E-state index contributed by atoms with van der Waals surface area (Å²) in [6.45, 7) is 9.13. The Kier molecular flexibility index (Phi) is 14.1. The van der Waals surface area contributed by atoms with Gasteiger partial charge in [-0.3, -0.25) is 9.59 Å².